The largest absolute Gasteiger partial charge is 0.496 e. The summed E-state index contributed by atoms with van der Waals surface area (Å²) in [7, 11) is 6.08. The Balaban J connectivity index is 3.61. The number of rotatable bonds is 4. The lowest BCUT2D eigenvalue weighted by Gasteiger charge is -2.03. The summed E-state index contributed by atoms with van der Waals surface area (Å²) < 4.78 is 15.2. The lowest BCUT2D eigenvalue weighted by atomic mass is 10.3. The van der Waals surface area contributed by atoms with Gasteiger partial charge in [0.05, 0.1) is 21.3 Å². The van der Waals surface area contributed by atoms with Crippen molar-refractivity contribution in [2.75, 3.05) is 33.7 Å². The molecule has 0 spiro atoms. The third-order valence-electron chi connectivity index (χ3n) is 2.17. The van der Waals surface area contributed by atoms with Gasteiger partial charge in [-0.15, -0.1) is 0 Å². The number of nitrogens with one attached hydrogen (secondary N) is 1. The van der Waals surface area contributed by atoms with Crippen molar-refractivity contribution < 1.29 is 14.2 Å². The summed E-state index contributed by atoms with van der Waals surface area (Å²) in [6.45, 7) is 0. The molecule has 0 fully saturated rings. The van der Waals surface area contributed by atoms with E-state index in [1.165, 1.54) is 27.4 Å². The van der Waals surface area contributed by atoms with E-state index in [0.717, 1.165) is 0 Å². The van der Waals surface area contributed by atoms with Gasteiger partial charge in [0.15, 0.2) is 5.75 Å². The minimum absolute atomic E-state index is 0.199. The summed E-state index contributed by atoms with van der Waals surface area (Å²) in [5.74, 6) is 1.10. The van der Waals surface area contributed by atoms with Crippen molar-refractivity contribution in [3.05, 3.63) is 22.4 Å². The fourth-order valence-corrected chi connectivity index (χ4v) is 1.34. The molecule has 0 atom stereocenters. The monoisotopic (exact) mass is 225 g/mol. The summed E-state index contributed by atoms with van der Waals surface area (Å²) in [6.07, 6.45) is 0. The van der Waals surface area contributed by atoms with Crippen LogP contribution in [-0.2, 0) is 0 Å². The van der Waals surface area contributed by atoms with Crippen molar-refractivity contribution in [3.8, 4) is 17.2 Å². The summed E-state index contributed by atoms with van der Waals surface area (Å²) in [4.78, 5) is 12.0. The van der Waals surface area contributed by atoms with Crippen LogP contribution in [0.25, 0.3) is 0 Å². The molecule has 0 unspecified atom stereocenters. The zero-order valence-electron chi connectivity index (χ0n) is 9.79. The maximum absolute atomic E-state index is 12.0. The van der Waals surface area contributed by atoms with Crippen LogP contribution in [0, 0.1) is 0 Å². The van der Waals surface area contributed by atoms with E-state index in [9.17, 15) is 4.79 Å². The van der Waals surface area contributed by atoms with Gasteiger partial charge in [0.2, 0.25) is 5.43 Å². The summed E-state index contributed by atoms with van der Waals surface area (Å²) in [5.41, 5.74) is 0.0628. The van der Waals surface area contributed by atoms with E-state index >= 15 is 0 Å². The summed E-state index contributed by atoms with van der Waals surface area (Å²) in [5, 5.41) is 2.79. The number of ether oxygens (including phenoxy) is 3. The third kappa shape index (κ3) is 2.18. The highest BCUT2D eigenvalue weighted by Crippen LogP contribution is 2.26. The van der Waals surface area contributed by atoms with Gasteiger partial charge in [0.25, 0.3) is 0 Å². The number of hydrogen-bond acceptors (Lipinski definition) is 5. The van der Waals surface area contributed by atoms with E-state index in [1.807, 2.05) is 0 Å². The minimum Gasteiger partial charge on any atom is -0.496 e. The Bertz CT molecular complexity index is 431. The molecule has 5 heteroatoms. The van der Waals surface area contributed by atoms with Crippen LogP contribution < -0.4 is 25.0 Å². The molecule has 1 rings (SSSR count). The highest BCUT2D eigenvalue weighted by atomic mass is 16.5. The molecule has 5 nitrogen and oxygen atoms in total. The van der Waals surface area contributed by atoms with Crippen LogP contribution in [0.1, 0.15) is 0 Å². The molecule has 0 aliphatic heterocycles. The lowest BCUT2D eigenvalue weighted by molar-refractivity contribution is 0.391. The molecule has 0 aliphatic carbocycles. The smallest absolute Gasteiger partial charge is 0.247 e. The summed E-state index contributed by atoms with van der Waals surface area (Å²) in [6, 6.07) is 3.14. The second kappa shape index (κ2) is 5.25. The minimum atomic E-state index is -0.273. The second-order valence-electron chi connectivity index (χ2n) is 2.99. The average Bonchev–Trinajstić information content (AvgIpc) is 2.45. The molecule has 1 aromatic rings. The van der Waals surface area contributed by atoms with E-state index in [4.69, 9.17) is 14.2 Å². The first-order chi connectivity index (χ1) is 7.67. The van der Waals surface area contributed by atoms with Crippen molar-refractivity contribution in [2.45, 2.75) is 0 Å². The van der Waals surface area contributed by atoms with Crippen LogP contribution in [0.4, 0.5) is 5.69 Å². The predicted octanol–water partition coefficient (Wildman–Crippen LogP) is 1.11. The van der Waals surface area contributed by atoms with Gasteiger partial charge in [-0.3, -0.25) is 4.79 Å². The first-order valence-electron chi connectivity index (χ1n) is 4.70. The Kier molecular flexibility index (Phi) is 3.99. The Morgan fingerprint density at radius 3 is 2.00 bits per heavy atom. The first-order valence-corrected chi connectivity index (χ1v) is 4.70. The third-order valence-corrected chi connectivity index (χ3v) is 2.17. The molecule has 1 N–H and O–H groups in total. The molecule has 0 saturated carbocycles. The second-order valence-corrected chi connectivity index (χ2v) is 2.99. The van der Waals surface area contributed by atoms with Crippen LogP contribution >= 0.6 is 0 Å². The van der Waals surface area contributed by atoms with Crippen molar-refractivity contribution in [1.29, 1.82) is 0 Å². The molecule has 1 aromatic carbocycles. The standard InChI is InChI=1S/C11H15NO4/c1-12-10-8(15-3)5-7(14-2)6-9(16-4)11(10)13/h5-6H,1-4H3,(H,12,13). The van der Waals surface area contributed by atoms with Gasteiger partial charge in [-0.1, -0.05) is 0 Å². The SMILES string of the molecule is CNc1c(OC)cc(OC)cc(OC)c1=O. The van der Waals surface area contributed by atoms with Crippen LogP contribution in [0.2, 0.25) is 0 Å². The number of methoxy groups -OCH3 is 3. The van der Waals surface area contributed by atoms with E-state index in [2.05, 4.69) is 5.32 Å². The fourth-order valence-electron chi connectivity index (χ4n) is 1.34. The molecule has 0 aromatic heterocycles. The van der Waals surface area contributed by atoms with Crippen LogP contribution in [0.15, 0.2) is 16.9 Å². The molecule has 0 saturated heterocycles. The van der Waals surface area contributed by atoms with Gasteiger partial charge in [-0.05, 0) is 0 Å². The van der Waals surface area contributed by atoms with Gasteiger partial charge >= 0.3 is 0 Å². The van der Waals surface area contributed by atoms with Gasteiger partial charge in [0, 0.05) is 19.2 Å². The topological polar surface area (TPSA) is 56.8 Å². The van der Waals surface area contributed by atoms with Gasteiger partial charge in [-0.2, -0.15) is 0 Å². The van der Waals surface area contributed by atoms with E-state index in [-0.39, 0.29) is 11.2 Å². The Hall–Kier alpha value is -1.91. The summed E-state index contributed by atoms with van der Waals surface area (Å²) >= 11 is 0. The fraction of sp³-hybridized carbons (Fsp3) is 0.364. The molecule has 0 heterocycles. The predicted molar refractivity (Wildman–Crippen MR) is 61.9 cm³/mol. The highest BCUT2D eigenvalue weighted by Gasteiger charge is 2.11. The highest BCUT2D eigenvalue weighted by molar-refractivity contribution is 5.60. The first kappa shape index (κ1) is 12.2. The van der Waals surface area contributed by atoms with Crippen molar-refractivity contribution in [2.24, 2.45) is 0 Å². The average molecular weight is 225 g/mol. The molecule has 0 amide bonds. The quantitative estimate of drug-likeness (QED) is 0.832. The molecule has 0 radical (unpaired) electrons. The van der Waals surface area contributed by atoms with Crippen molar-refractivity contribution in [1.82, 2.24) is 0 Å². The zero-order valence-corrected chi connectivity index (χ0v) is 9.79. The van der Waals surface area contributed by atoms with Crippen molar-refractivity contribution >= 4 is 5.69 Å². The van der Waals surface area contributed by atoms with E-state index < -0.39 is 0 Å². The Morgan fingerprint density at radius 2 is 1.56 bits per heavy atom. The molecule has 88 valence electrons. The van der Waals surface area contributed by atoms with Crippen LogP contribution in [0.5, 0.6) is 17.2 Å². The maximum Gasteiger partial charge on any atom is 0.247 e. The Morgan fingerprint density at radius 1 is 1.00 bits per heavy atom. The zero-order chi connectivity index (χ0) is 12.1. The van der Waals surface area contributed by atoms with E-state index in [0.29, 0.717) is 17.2 Å². The number of hydrogen-bond donors (Lipinski definition) is 1. The molecule has 0 aliphatic rings. The maximum atomic E-state index is 12.0. The van der Waals surface area contributed by atoms with Crippen molar-refractivity contribution in [3.63, 3.8) is 0 Å². The molecular formula is C11H15NO4. The van der Waals surface area contributed by atoms with Crippen LogP contribution in [0.3, 0.4) is 0 Å². The van der Waals surface area contributed by atoms with Gasteiger partial charge in [0.1, 0.15) is 17.2 Å². The van der Waals surface area contributed by atoms with Gasteiger partial charge in [-0.25, -0.2) is 0 Å². The van der Waals surface area contributed by atoms with E-state index in [1.54, 1.807) is 13.1 Å². The Labute approximate surface area is 94.0 Å². The lowest BCUT2D eigenvalue weighted by Crippen LogP contribution is -2.09. The van der Waals surface area contributed by atoms with Crippen LogP contribution in [-0.4, -0.2) is 28.4 Å². The molecule has 16 heavy (non-hydrogen) atoms. The normalized spacial score (nSPS) is 9.50. The number of anilines is 1. The van der Waals surface area contributed by atoms with Gasteiger partial charge < -0.3 is 19.5 Å². The molecular weight excluding hydrogens is 210 g/mol. The molecule has 0 bridgehead atoms.